The van der Waals surface area contributed by atoms with Crippen molar-refractivity contribution in [2.24, 2.45) is 7.05 Å². The fourth-order valence-electron chi connectivity index (χ4n) is 3.28. The van der Waals surface area contributed by atoms with Crippen molar-refractivity contribution >= 4 is 15.9 Å². The Labute approximate surface area is 142 Å². The van der Waals surface area contributed by atoms with Gasteiger partial charge in [-0.3, -0.25) is 9.48 Å². The normalized spacial score (nSPS) is 19.3. The molecular formula is C15H24N4O4S. The van der Waals surface area contributed by atoms with Crippen LogP contribution in [-0.2, 0) is 34.8 Å². The number of aryl methyl sites for hydroxylation is 1. The molecule has 0 N–H and O–H groups in total. The van der Waals surface area contributed by atoms with E-state index >= 15 is 0 Å². The van der Waals surface area contributed by atoms with Crippen LogP contribution in [0, 0.1) is 0 Å². The zero-order valence-corrected chi connectivity index (χ0v) is 15.0. The van der Waals surface area contributed by atoms with E-state index < -0.39 is 10.0 Å². The standard InChI is InChI=1S/C15H24N4O4S/c1-3-10-24(21,22)19-5-4-13-12(11-19)14(16-17(13)2)15(20)18-6-8-23-9-7-18/h3-11H2,1-2H3. The van der Waals surface area contributed by atoms with Crippen LogP contribution in [0.5, 0.6) is 0 Å². The molecule has 3 heterocycles. The lowest BCUT2D eigenvalue weighted by Crippen LogP contribution is -2.42. The lowest BCUT2D eigenvalue weighted by molar-refractivity contribution is 0.0297. The largest absolute Gasteiger partial charge is 0.378 e. The molecule has 8 nitrogen and oxygen atoms in total. The molecule has 2 aliphatic heterocycles. The molecule has 1 amide bonds. The summed E-state index contributed by atoms with van der Waals surface area (Å²) < 4.78 is 33.2. The fourth-order valence-corrected chi connectivity index (χ4v) is 4.75. The number of rotatable bonds is 4. The Hall–Kier alpha value is -1.45. The summed E-state index contributed by atoms with van der Waals surface area (Å²) in [5, 5.41) is 4.39. The third-order valence-electron chi connectivity index (χ3n) is 4.56. The minimum absolute atomic E-state index is 0.134. The van der Waals surface area contributed by atoms with Crippen LogP contribution in [0.3, 0.4) is 0 Å². The average Bonchev–Trinajstić information content (AvgIpc) is 2.91. The van der Waals surface area contributed by atoms with Crippen LogP contribution in [0.25, 0.3) is 0 Å². The highest BCUT2D eigenvalue weighted by Crippen LogP contribution is 2.25. The molecule has 1 saturated heterocycles. The molecule has 1 aromatic rings. The summed E-state index contributed by atoms with van der Waals surface area (Å²) in [7, 11) is -1.47. The number of hydrogen-bond donors (Lipinski definition) is 0. The Kier molecular flexibility index (Phi) is 4.93. The van der Waals surface area contributed by atoms with Crippen LogP contribution >= 0.6 is 0 Å². The van der Waals surface area contributed by atoms with Gasteiger partial charge < -0.3 is 9.64 Å². The second-order valence-electron chi connectivity index (χ2n) is 6.20. The topological polar surface area (TPSA) is 84.7 Å². The minimum Gasteiger partial charge on any atom is -0.378 e. The molecule has 0 bridgehead atoms. The number of ether oxygens (including phenoxy) is 1. The number of fused-ring (bicyclic) bond motifs is 1. The molecule has 9 heteroatoms. The third kappa shape index (κ3) is 3.20. The van der Waals surface area contributed by atoms with Gasteiger partial charge in [0.05, 0.1) is 19.0 Å². The fraction of sp³-hybridized carbons (Fsp3) is 0.733. The number of sulfonamides is 1. The van der Waals surface area contributed by atoms with Gasteiger partial charge in [-0.15, -0.1) is 0 Å². The van der Waals surface area contributed by atoms with Crippen molar-refractivity contribution in [3.63, 3.8) is 0 Å². The minimum atomic E-state index is -3.28. The van der Waals surface area contributed by atoms with Gasteiger partial charge in [0.25, 0.3) is 5.91 Å². The molecule has 0 atom stereocenters. The summed E-state index contributed by atoms with van der Waals surface area (Å²) >= 11 is 0. The lowest BCUT2D eigenvalue weighted by atomic mass is 10.1. The van der Waals surface area contributed by atoms with Gasteiger partial charge in [-0.05, 0) is 6.42 Å². The third-order valence-corrected chi connectivity index (χ3v) is 6.59. The van der Waals surface area contributed by atoms with Gasteiger partial charge in [-0.1, -0.05) is 6.92 Å². The van der Waals surface area contributed by atoms with Crippen molar-refractivity contribution in [2.45, 2.75) is 26.3 Å². The Morgan fingerprint density at radius 3 is 2.62 bits per heavy atom. The van der Waals surface area contributed by atoms with E-state index in [9.17, 15) is 13.2 Å². The Morgan fingerprint density at radius 1 is 1.25 bits per heavy atom. The zero-order chi connectivity index (χ0) is 17.3. The predicted molar refractivity (Wildman–Crippen MR) is 88.1 cm³/mol. The molecule has 134 valence electrons. The molecule has 0 saturated carbocycles. The van der Waals surface area contributed by atoms with Crippen LogP contribution in [-0.4, -0.2) is 71.9 Å². The number of aromatic nitrogens is 2. The molecule has 2 aliphatic rings. The molecule has 0 aromatic carbocycles. The molecule has 1 fully saturated rings. The molecule has 3 rings (SSSR count). The van der Waals surface area contributed by atoms with E-state index in [2.05, 4.69) is 5.10 Å². The van der Waals surface area contributed by atoms with Gasteiger partial charge in [0.2, 0.25) is 10.0 Å². The summed E-state index contributed by atoms with van der Waals surface area (Å²) in [5.74, 6) is -0.0000966. The first-order chi connectivity index (χ1) is 11.4. The smallest absolute Gasteiger partial charge is 0.274 e. The molecule has 0 spiro atoms. The highest BCUT2D eigenvalue weighted by atomic mass is 32.2. The summed E-state index contributed by atoms with van der Waals surface area (Å²) in [4.78, 5) is 14.5. The summed E-state index contributed by atoms with van der Waals surface area (Å²) in [5.41, 5.74) is 2.08. The second kappa shape index (κ2) is 6.81. The number of nitrogens with zero attached hydrogens (tertiary/aromatic N) is 4. The quantitative estimate of drug-likeness (QED) is 0.758. The maximum absolute atomic E-state index is 12.8. The number of carbonyl (C=O) groups is 1. The molecule has 1 aromatic heterocycles. The average molecular weight is 356 g/mol. The van der Waals surface area contributed by atoms with Gasteiger partial charge in [-0.25, -0.2) is 8.42 Å². The zero-order valence-electron chi connectivity index (χ0n) is 14.2. The molecule has 0 aliphatic carbocycles. The van der Waals surface area contributed by atoms with Crippen molar-refractivity contribution in [3.8, 4) is 0 Å². The van der Waals surface area contributed by atoms with Crippen molar-refractivity contribution in [3.05, 3.63) is 17.0 Å². The van der Waals surface area contributed by atoms with E-state index in [1.165, 1.54) is 4.31 Å². The van der Waals surface area contributed by atoms with E-state index in [0.717, 1.165) is 11.3 Å². The van der Waals surface area contributed by atoms with Gasteiger partial charge in [0, 0.05) is 50.9 Å². The van der Waals surface area contributed by atoms with E-state index in [1.54, 1.807) is 9.58 Å². The van der Waals surface area contributed by atoms with Crippen molar-refractivity contribution < 1.29 is 17.9 Å². The highest BCUT2D eigenvalue weighted by Gasteiger charge is 2.33. The maximum Gasteiger partial charge on any atom is 0.274 e. The molecule has 24 heavy (non-hydrogen) atoms. The monoisotopic (exact) mass is 356 g/mol. The first-order valence-corrected chi connectivity index (χ1v) is 9.94. The van der Waals surface area contributed by atoms with Gasteiger partial charge in [-0.2, -0.15) is 9.40 Å². The van der Waals surface area contributed by atoms with Gasteiger partial charge in [0.1, 0.15) is 0 Å². The number of carbonyl (C=O) groups excluding carboxylic acids is 1. The number of amides is 1. The highest BCUT2D eigenvalue weighted by molar-refractivity contribution is 7.89. The maximum atomic E-state index is 12.8. The lowest BCUT2D eigenvalue weighted by Gasteiger charge is -2.28. The Bertz CT molecular complexity index is 722. The Morgan fingerprint density at radius 2 is 1.96 bits per heavy atom. The number of hydrogen-bond acceptors (Lipinski definition) is 5. The summed E-state index contributed by atoms with van der Waals surface area (Å²) in [6.45, 7) is 4.67. The van der Waals surface area contributed by atoms with E-state index in [0.29, 0.717) is 51.4 Å². The summed E-state index contributed by atoms with van der Waals surface area (Å²) in [6.07, 6.45) is 1.16. The predicted octanol–water partition coefficient (Wildman–Crippen LogP) is -0.00960. The van der Waals surface area contributed by atoms with Crippen molar-refractivity contribution in [1.29, 1.82) is 0 Å². The van der Waals surface area contributed by atoms with Crippen LogP contribution in [0.4, 0.5) is 0 Å². The van der Waals surface area contributed by atoms with E-state index in [-0.39, 0.29) is 18.2 Å². The van der Waals surface area contributed by atoms with E-state index in [4.69, 9.17) is 4.74 Å². The first-order valence-electron chi connectivity index (χ1n) is 8.33. The number of morpholine rings is 1. The van der Waals surface area contributed by atoms with Crippen LogP contribution in [0.2, 0.25) is 0 Å². The van der Waals surface area contributed by atoms with Gasteiger partial charge >= 0.3 is 0 Å². The summed E-state index contributed by atoms with van der Waals surface area (Å²) in [6, 6.07) is 0. The van der Waals surface area contributed by atoms with Crippen LogP contribution in [0.15, 0.2) is 0 Å². The van der Waals surface area contributed by atoms with Crippen LogP contribution < -0.4 is 0 Å². The van der Waals surface area contributed by atoms with Crippen molar-refractivity contribution in [2.75, 3.05) is 38.6 Å². The van der Waals surface area contributed by atoms with Crippen molar-refractivity contribution in [1.82, 2.24) is 19.0 Å². The Balaban J connectivity index is 1.88. The molecule has 0 radical (unpaired) electrons. The second-order valence-corrected chi connectivity index (χ2v) is 8.29. The molecule has 0 unspecified atom stereocenters. The first kappa shape index (κ1) is 17.4. The van der Waals surface area contributed by atoms with Crippen LogP contribution in [0.1, 0.15) is 35.1 Å². The van der Waals surface area contributed by atoms with E-state index in [1.807, 2.05) is 14.0 Å². The SMILES string of the molecule is CCCS(=O)(=O)N1CCc2c(c(C(=O)N3CCOCC3)nn2C)C1. The molecular weight excluding hydrogens is 332 g/mol. The van der Waals surface area contributed by atoms with Gasteiger partial charge in [0.15, 0.2) is 5.69 Å².